The number of amides is 3. The Balaban J connectivity index is 1.94. The summed E-state index contributed by atoms with van der Waals surface area (Å²) in [6.45, 7) is 4.48. The summed E-state index contributed by atoms with van der Waals surface area (Å²) in [5, 5.41) is 9.77. The first-order valence-corrected chi connectivity index (χ1v) is 7.83. The van der Waals surface area contributed by atoms with Crippen molar-refractivity contribution in [2.75, 3.05) is 40.3 Å². The molecular formula is C15H27N3O3. The minimum absolute atomic E-state index is 0.0186. The van der Waals surface area contributed by atoms with Gasteiger partial charge in [-0.2, -0.15) is 0 Å². The van der Waals surface area contributed by atoms with E-state index >= 15 is 0 Å². The number of likely N-dealkylation sites (tertiary alicyclic amines) is 2. The highest BCUT2D eigenvalue weighted by molar-refractivity contribution is 5.81. The van der Waals surface area contributed by atoms with E-state index in [9.17, 15) is 14.7 Å². The summed E-state index contributed by atoms with van der Waals surface area (Å²) in [4.78, 5) is 29.9. The monoisotopic (exact) mass is 297 g/mol. The van der Waals surface area contributed by atoms with Gasteiger partial charge < -0.3 is 19.8 Å². The normalized spacial score (nSPS) is 30.2. The molecule has 2 rings (SSSR count). The molecule has 6 heteroatoms. The first kappa shape index (κ1) is 16.1. The van der Waals surface area contributed by atoms with E-state index < -0.39 is 0 Å². The average Bonchev–Trinajstić information content (AvgIpc) is 2.48. The van der Waals surface area contributed by atoms with Crippen LogP contribution < -0.4 is 0 Å². The molecule has 3 unspecified atom stereocenters. The Morgan fingerprint density at radius 2 is 1.81 bits per heavy atom. The number of aliphatic hydroxyl groups is 1. The van der Waals surface area contributed by atoms with Gasteiger partial charge in [0, 0.05) is 40.3 Å². The molecule has 2 aliphatic rings. The first-order chi connectivity index (χ1) is 9.90. The molecular weight excluding hydrogens is 270 g/mol. The molecule has 120 valence electrons. The third kappa shape index (κ3) is 3.67. The molecule has 0 aromatic carbocycles. The number of rotatable bonds is 1. The Bertz CT molecular complexity index is 400. The molecule has 0 bridgehead atoms. The second-order valence-corrected chi connectivity index (χ2v) is 6.58. The van der Waals surface area contributed by atoms with E-state index in [0.29, 0.717) is 26.1 Å². The highest BCUT2D eigenvalue weighted by Crippen LogP contribution is 2.23. The molecule has 0 aromatic heterocycles. The smallest absolute Gasteiger partial charge is 0.319 e. The lowest BCUT2D eigenvalue weighted by Crippen LogP contribution is -2.52. The van der Waals surface area contributed by atoms with Gasteiger partial charge in [0.25, 0.3) is 0 Å². The average molecular weight is 297 g/mol. The molecule has 21 heavy (non-hydrogen) atoms. The van der Waals surface area contributed by atoms with E-state index in [-0.39, 0.29) is 29.9 Å². The number of piperidine rings is 2. The Kier molecular flexibility index (Phi) is 5.08. The number of carbonyl (C=O) groups excluding carboxylic acids is 2. The zero-order valence-electron chi connectivity index (χ0n) is 13.3. The molecule has 1 N–H and O–H groups in total. The fourth-order valence-electron chi connectivity index (χ4n) is 3.23. The van der Waals surface area contributed by atoms with E-state index in [4.69, 9.17) is 0 Å². The first-order valence-electron chi connectivity index (χ1n) is 7.83. The number of nitrogens with zero attached hydrogens (tertiary/aromatic N) is 3. The Morgan fingerprint density at radius 1 is 1.10 bits per heavy atom. The molecule has 0 saturated carbocycles. The maximum absolute atomic E-state index is 12.6. The topological polar surface area (TPSA) is 64.1 Å². The van der Waals surface area contributed by atoms with Crippen molar-refractivity contribution in [3.05, 3.63) is 0 Å². The predicted molar refractivity (Wildman–Crippen MR) is 79.7 cm³/mol. The van der Waals surface area contributed by atoms with Crippen LogP contribution in [0.25, 0.3) is 0 Å². The van der Waals surface area contributed by atoms with Crippen LogP contribution in [0.1, 0.15) is 26.2 Å². The van der Waals surface area contributed by atoms with Gasteiger partial charge in [0.1, 0.15) is 0 Å². The SMILES string of the molecule is CC1CN(C(=O)C2CCCN(C(=O)N(C)C)C2)CCC1O. The van der Waals surface area contributed by atoms with Crippen LogP contribution in [-0.4, -0.2) is 78.1 Å². The van der Waals surface area contributed by atoms with Gasteiger partial charge in [-0.1, -0.05) is 6.92 Å². The molecule has 2 heterocycles. The molecule has 0 spiro atoms. The lowest BCUT2D eigenvalue weighted by molar-refractivity contribution is -0.140. The van der Waals surface area contributed by atoms with Crippen LogP contribution in [-0.2, 0) is 4.79 Å². The zero-order chi connectivity index (χ0) is 15.6. The summed E-state index contributed by atoms with van der Waals surface area (Å²) in [5.41, 5.74) is 0. The number of aliphatic hydroxyl groups excluding tert-OH is 1. The van der Waals surface area contributed by atoms with Crippen molar-refractivity contribution in [2.45, 2.75) is 32.3 Å². The largest absolute Gasteiger partial charge is 0.393 e. The van der Waals surface area contributed by atoms with Gasteiger partial charge in [0.05, 0.1) is 12.0 Å². The zero-order valence-corrected chi connectivity index (χ0v) is 13.3. The molecule has 0 aliphatic carbocycles. The molecule has 2 fully saturated rings. The molecule has 0 radical (unpaired) electrons. The third-order valence-corrected chi connectivity index (χ3v) is 4.60. The summed E-state index contributed by atoms with van der Waals surface area (Å²) in [6.07, 6.45) is 2.08. The number of hydrogen-bond acceptors (Lipinski definition) is 3. The van der Waals surface area contributed by atoms with Crippen LogP contribution >= 0.6 is 0 Å². The molecule has 3 amide bonds. The van der Waals surface area contributed by atoms with Gasteiger partial charge >= 0.3 is 6.03 Å². The van der Waals surface area contributed by atoms with Gasteiger partial charge in [-0.25, -0.2) is 4.79 Å². The predicted octanol–water partition coefficient (Wildman–Crippen LogP) is 0.609. The second kappa shape index (κ2) is 6.64. The highest BCUT2D eigenvalue weighted by atomic mass is 16.3. The van der Waals surface area contributed by atoms with Crippen LogP contribution in [0.4, 0.5) is 4.79 Å². The maximum Gasteiger partial charge on any atom is 0.319 e. The van der Waals surface area contributed by atoms with Gasteiger partial charge in [-0.3, -0.25) is 4.79 Å². The molecule has 3 atom stereocenters. The minimum atomic E-state index is -0.299. The van der Waals surface area contributed by atoms with Gasteiger partial charge in [0.2, 0.25) is 5.91 Å². The van der Waals surface area contributed by atoms with Gasteiger partial charge in [0.15, 0.2) is 0 Å². The molecule has 2 saturated heterocycles. The standard InChI is InChI=1S/C15H27N3O3/c1-11-9-17(8-6-13(11)19)14(20)12-5-4-7-18(10-12)15(21)16(2)3/h11-13,19H,4-10H2,1-3H3. The summed E-state index contributed by atoms with van der Waals surface area (Å²) >= 11 is 0. The van der Waals surface area contributed by atoms with Crippen LogP contribution in [0.5, 0.6) is 0 Å². The summed E-state index contributed by atoms with van der Waals surface area (Å²) in [7, 11) is 3.48. The van der Waals surface area contributed by atoms with Gasteiger partial charge in [-0.05, 0) is 25.2 Å². The van der Waals surface area contributed by atoms with Gasteiger partial charge in [-0.15, -0.1) is 0 Å². The number of hydrogen-bond donors (Lipinski definition) is 1. The van der Waals surface area contributed by atoms with Crippen molar-refractivity contribution in [3.8, 4) is 0 Å². The lowest BCUT2D eigenvalue weighted by Gasteiger charge is -2.39. The maximum atomic E-state index is 12.6. The summed E-state index contributed by atoms with van der Waals surface area (Å²) < 4.78 is 0. The molecule has 6 nitrogen and oxygen atoms in total. The van der Waals surface area contributed by atoms with E-state index in [1.807, 2.05) is 11.8 Å². The van der Waals surface area contributed by atoms with Crippen LogP contribution in [0.2, 0.25) is 0 Å². The van der Waals surface area contributed by atoms with E-state index in [2.05, 4.69) is 0 Å². The Morgan fingerprint density at radius 3 is 2.43 bits per heavy atom. The van der Waals surface area contributed by atoms with Crippen LogP contribution in [0.3, 0.4) is 0 Å². The van der Waals surface area contributed by atoms with Crippen molar-refractivity contribution in [1.29, 1.82) is 0 Å². The fourth-order valence-corrected chi connectivity index (χ4v) is 3.23. The summed E-state index contributed by atoms with van der Waals surface area (Å²) in [5.74, 6) is 0.181. The molecule has 2 aliphatic heterocycles. The Labute approximate surface area is 126 Å². The fraction of sp³-hybridized carbons (Fsp3) is 0.867. The van der Waals surface area contributed by atoms with Crippen LogP contribution in [0.15, 0.2) is 0 Å². The lowest BCUT2D eigenvalue weighted by atomic mass is 9.92. The van der Waals surface area contributed by atoms with E-state index in [1.54, 1.807) is 23.9 Å². The van der Waals surface area contributed by atoms with Crippen LogP contribution in [0, 0.1) is 11.8 Å². The molecule has 0 aromatic rings. The van der Waals surface area contributed by atoms with E-state index in [0.717, 1.165) is 19.4 Å². The highest BCUT2D eigenvalue weighted by Gasteiger charge is 2.34. The quantitative estimate of drug-likeness (QED) is 0.771. The van der Waals surface area contributed by atoms with Crippen molar-refractivity contribution < 1.29 is 14.7 Å². The van der Waals surface area contributed by atoms with Crippen molar-refractivity contribution in [3.63, 3.8) is 0 Å². The van der Waals surface area contributed by atoms with Crippen molar-refractivity contribution in [2.24, 2.45) is 11.8 Å². The number of carbonyl (C=O) groups is 2. The van der Waals surface area contributed by atoms with Crippen molar-refractivity contribution >= 4 is 11.9 Å². The van der Waals surface area contributed by atoms with Crippen molar-refractivity contribution in [1.82, 2.24) is 14.7 Å². The Hall–Kier alpha value is -1.30. The minimum Gasteiger partial charge on any atom is -0.393 e. The number of urea groups is 1. The third-order valence-electron chi connectivity index (χ3n) is 4.60. The van der Waals surface area contributed by atoms with E-state index in [1.165, 1.54) is 0 Å². The summed E-state index contributed by atoms with van der Waals surface area (Å²) in [6, 6.07) is -0.0186. The second-order valence-electron chi connectivity index (χ2n) is 6.58.